The molecule has 0 aromatic rings. The molecule has 0 amide bonds. The van der Waals surface area contributed by atoms with Crippen LogP contribution in [0.5, 0.6) is 0 Å². The van der Waals surface area contributed by atoms with E-state index in [0.717, 1.165) is 17.8 Å². The fraction of sp³-hybridized carbons (Fsp3) is 0.867. The van der Waals surface area contributed by atoms with E-state index in [4.69, 9.17) is 0 Å². The standard InChI is InChI=1S/C15H24/c1-10-11-6-7-12-13(11)14(2,3)8-5-9-15(10,12)4/h11-13H,1,5-9H2,2-4H3/t11-,12-,13+,15-/m0/s1. The van der Waals surface area contributed by atoms with Crippen LogP contribution in [0.25, 0.3) is 0 Å². The largest absolute Gasteiger partial charge is 0.0990 e. The van der Waals surface area contributed by atoms with E-state index in [1.54, 1.807) is 5.57 Å². The molecule has 0 N–H and O–H groups in total. The van der Waals surface area contributed by atoms with Crippen molar-refractivity contribution >= 4 is 0 Å². The molecule has 4 atom stereocenters. The summed E-state index contributed by atoms with van der Waals surface area (Å²) in [6, 6.07) is 0. The zero-order chi connectivity index (χ0) is 10.8. The normalized spacial score (nSPS) is 51.9. The molecular weight excluding hydrogens is 180 g/mol. The van der Waals surface area contributed by atoms with Crippen molar-refractivity contribution < 1.29 is 0 Å². The molecule has 0 saturated heterocycles. The molecule has 0 unspecified atom stereocenters. The first kappa shape index (κ1) is 9.93. The smallest absolute Gasteiger partial charge is 0.00849 e. The molecule has 0 radical (unpaired) electrons. The summed E-state index contributed by atoms with van der Waals surface area (Å²) in [5.74, 6) is 2.79. The third-order valence-corrected chi connectivity index (χ3v) is 6.07. The molecule has 3 aliphatic rings. The van der Waals surface area contributed by atoms with Gasteiger partial charge in [0.05, 0.1) is 0 Å². The quantitative estimate of drug-likeness (QED) is 0.513. The monoisotopic (exact) mass is 204 g/mol. The lowest BCUT2D eigenvalue weighted by Crippen LogP contribution is -2.28. The summed E-state index contributed by atoms with van der Waals surface area (Å²) < 4.78 is 0. The number of allylic oxidation sites excluding steroid dienone is 1. The van der Waals surface area contributed by atoms with E-state index < -0.39 is 0 Å². The van der Waals surface area contributed by atoms with Crippen LogP contribution >= 0.6 is 0 Å². The van der Waals surface area contributed by atoms with Gasteiger partial charge in [0.15, 0.2) is 0 Å². The summed E-state index contributed by atoms with van der Waals surface area (Å²) in [4.78, 5) is 0. The molecule has 0 aromatic carbocycles. The van der Waals surface area contributed by atoms with Gasteiger partial charge in [0, 0.05) is 0 Å². The van der Waals surface area contributed by atoms with Crippen molar-refractivity contribution in [3.05, 3.63) is 12.2 Å². The lowest BCUT2D eigenvalue weighted by atomic mass is 9.69. The van der Waals surface area contributed by atoms with Crippen molar-refractivity contribution in [3.8, 4) is 0 Å². The first-order chi connectivity index (χ1) is 6.97. The number of hydrogen-bond donors (Lipinski definition) is 0. The van der Waals surface area contributed by atoms with Crippen molar-refractivity contribution in [1.29, 1.82) is 0 Å². The Hall–Kier alpha value is -0.260. The minimum absolute atomic E-state index is 0.515. The van der Waals surface area contributed by atoms with E-state index in [1.165, 1.54) is 32.1 Å². The summed E-state index contributed by atoms with van der Waals surface area (Å²) in [6.07, 6.45) is 7.18. The maximum absolute atomic E-state index is 4.46. The lowest BCUT2D eigenvalue weighted by Gasteiger charge is -2.35. The Bertz CT molecular complexity index is 312. The molecular formula is C15H24. The number of hydrogen-bond acceptors (Lipinski definition) is 0. The van der Waals surface area contributed by atoms with Gasteiger partial charge in [-0.25, -0.2) is 0 Å². The second kappa shape index (κ2) is 2.70. The van der Waals surface area contributed by atoms with Gasteiger partial charge in [0.2, 0.25) is 0 Å². The highest BCUT2D eigenvalue weighted by Crippen LogP contribution is 2.70. The molecule has 3 rings (SSSR count). The van der Waals surface area contributed by atoms with Crippen LogP contribution in [0.3, 0.4) is 0 Å². The maximum Gasteiger partial charge on any atom is -0.00849 e. The van der Waals surface area contributed by atoms with Crippen LogP contribution in [0.15, 0.2) is 12.2 Å². The summed E-state index contributed by atoms with van der Waals surface area (Å²) in [6.45, 7) is 12.0. The van der Waals surface area contributed by atoms with Crippen LogP contribution in [0.1, 0.15) is 52.9 Å². The van der Waals surface area contributed by atoms with E-state index in [2.05, 4.69) is 27.4 Å². The average Bonchev–Trinajstić information content (AvgIpc) is 2.63. The van der Waals surface area contributed by atoms with Crippen LogP contribution in [-0.4, -0.2) is 0 Å². The predicted molar refractivity (Wildman–Crippen MR) is 64.6 cm³/mol. The Morgan fingerprint density at radius 3 is 2.60 bits per heavy atom. The van der Waals surface area contributed by atoms with Crippen molar-refractivity contribution in [2.24, 2.45) is 28.6 Å². The molecule has 3 fully saturated rings. The SMILES string of the molecule is C=C1[C@@H]2CC[C@H]3[C@@H]2C(C)(C)CCC[C@@]13C. The van der Waals surface area contributed by atoms with Crippen LogP contribution in [0, 0.1) is 28.6 Å². The highest BCUT2D eigenvalue weighted by molar-refractivity contribution is 5.29. The van der Waals surface area contributed by atoms with E-state index in [9.17, 15) is 0 Å². The molecule has 4 bridgehead atoms. The first-order valence-corrected chi connectivity index (χ1v) is 6.66. The fourth-order valence-electron chi connectivity index (χ4n) is 5.28. The Balaban J connectivity index is 2.10. The van der Waals surface area contributed by atoms with E-state index in [0.29, 0.717) is 10.8 Å². The van der Waals surface area contributed by atoms with Crippen LogP contribution in [0.4, 0.5) is 0 Å². The van der Waals surface area contributed by atoms with Gasteiger partial charge >= 0.3 is 0 Å². The van der Waals surface area contributed by atoms with Crippen molar-refractivity contribution in [1.82, 2.24) is 0 Å². The van der Waals surface area contributed by atoms with Crippen molar-refractivity contribution in [2.75, 3.05) is 0 Å². The average molecular weight is 204 g/mol. The molecule has 0 nitrogen and oxygen atoms in total. The van der Waals surface area contributed by atoms with Gasteiger partial charge in [-0.05, 0) is 54.3 Å². The summed E-state index contributed by atoms with van der Waals surface area (Å²) in [5.41, 5.74) is 2.71. The molecule has 0 heterocycles. The Kier molecular flexibility index (Phi) is 1.79. The van der Waals surface area contributed by atoms with Crippen LogP contribution in [0.2, 0.25) is 0 Å². The summed E-state index contributed by atoms with van der Waals surface area (Å²) in [7, 11) is 0. The Labute approximate surface area is 94.1 Å². The topological polar surface area (TPSA) is 0 Å². The van der Waals surface area contributed by atoms with Gasteiger partial charge in [-0.15, -0.1) is 0 Å². The van der Waals surface area contributed by atoms with Crippen LogP contribution in [-0.2, 0) is 0 Å². The second-order valence-electron chi connectivity index (χ2n) is 7.10. The molecule has 0 aromatic heterocycles. The molecule has 3 aliphatic carbocycles. The molecule has 3 saturated carbocycles. The minimum Gasteiger partial charge on any atom is -0.0990 e. The maximum atomic E-state index is 4.46. The third-order valence-electron chi connectivity index (χ3n) is 6.07. The van der Waals surface area contributed by atoms with E-state index >= 15 is 0 Å². The summed E-state index contributed by atoms with van der Waals surface area (Å²) in [5, 5.41) is 0. The summed E-state index contributed by atoms with van der Waals surface area (Å²) >= 11 is 0. The van der Waals surface area contributed by atoms with Gasteiger partial charge in [-0.3, -0.25) is 0 Å². The molecule has 0 spiro atoms. The fourth-order valence-corrected chi connectivity index (χ4v) is 5.28. The minimum atomic E-state index is 0.515. The second-order valence-corrected chi connectivity index (χ2v) is 7.10. The van der Waals surface area contributed by atoms with Crippen molar-refractivity contribution in [3.63, 3.8) is 0 Å². The van der Waals surface area contributed by atoms with Gasteiger partial charge in [-0.1, -0.05) is 39.3 Å². The van der Waals surface area contributed by atoms with Gasteiger partial charge in [0.25, 0.3) is 0 Å². The lowest BCUT2D eigenvalue weighted by molar-refractivity contribution is 0.141. The first-order valence-electron chi connectivity index (χ1n) is 6.66. The highest BCUT2D eigenvalue weighted by atomic mass is 14.7. The van der Waals surface area contributed by atoms with E-state index in [-0.39, 0.29) is 0 Å². The van der Waals surface area contributed by atoms with Crippen LogP contribution < -0.4 is 0 Å². The predicted octanol–water partition coefficient (Wildman–Crippen LogP) is 4.42. The Morgan fingerprint density at radius 2 is 1.87 bits per heavy atom. The van der Waals surface area contributed by atoms with Gasteiger partial charge in [-0.2, -0.15) is 0 Å². The third kappa shape index (κ3) is 1.04. The zero-order valence-electron chi connectivity index (χ0n) is 10.5. The molecule has 0 aliphatic heterocycles. The highest BCUT2D eigenvalue weighted by Gasteiger charge is 2.61. The van der Waals surface area contributed by atoms with Gasteiger partial charge < -0.3 is 0 Å². The number of rotatable bonds is 0. The molecule has 0 heteroatoms. The zero-order valence-corrected chi connectivity index (χ0v) is 10.5. The van der Waals surface area contributed by atoms with Crippen molar-refractivity contribution in [2.45, 2.75) is 52.9 Å². The Morgan fingerprint density at radius 1 is 1.13 bits per heavy atom. The van der Waals surface area contributed by atoms with E-state index in [1.807, 2.05) is 0 Å². The van der Waals surface area contributed by atoms with Gasteiger partial charge in [0.1, 0.15) is 0 Å². The molecule has 84 valence electrons. The molecule has 15 heavy (non-hydrogen) atoms.